The van der Waals surface area contributed by atoms with E-state index in [9.17, 15) is 4.79 Å². The topological polar surface area (TPSA) is 52.1 Å². The normalized spacial score (nSPS) is 10.2. The van der Waals surface area contributed by atoms with Crippen molar-refractivity contribution in [1.29, 1.82) is 0 Å². The van der Waals surface area contributed by atoms with Crippen molar-refractivity contribution in [3.63, 3.8) is 0 Å². The van der Waals surface area contributed by atoms with Crippen molar-refractivity contribution in [2.75, 3.05) is 6.61 Å². The molecule has 0 aliphatic rings. The Bertz CT molecular complexity index is 570. The van der Waals surface area contributed by atoms with Gasteiger partial charge in [0, 0.05) is 5.56 Å². The monoisotopic (exact) mass is 276 g/mol. The van der Waals surface area contributed by atoms with Crippen LogP contribution >= 0.6 is 11.6 Å². The molecule has 98 valence electrons. The molecule has 1 aromatic carbocycles. The van der Waals surface area contributed by atoms with Gasteiger partial charge in [0.1, 0.15) is 17.2 Å². The molecule has 5 heteroatoms. The van der Waals surface area contributed by atoms with Gasteiger partial charge in [-0.25, -0.2) is 9.97 Å². The van der Waals surface area contributed by atoms with Crippen molar-refractivity contribution in [2.45, 2.75) is 13.3 Å². The van der Waals surface area contributed by atoms with Crippen LogP contribution in [0.5, 0.6) is 5.75 Å². The number of carbonyl (C=O) groups is 1. The lowest BCUT2D eigenvalue weighted by Gasteiger charge is -2.07. The van der Waals surface area contributed by atoms with E-state index in [1.807, 2.05) is 31.2 Å². The van der Waals surface area contributed by atoms with E-state index in [1.54, 1.807) is 0 Å². The number of carbonyl (C=O) groups excluding carboxylic acids is 1. The maximum atomic E-state index is 11.0. The van der Waals surface area contributed by atoms with E-state index in [0.29, 0.717) is 24.2 Å². The molecule has 4 nitrogen and oxygen atoms in total. The second-order valence-corrected chi connectivity index (χ2v) is 4.28. The van der Waals surface area contributed by atoms with Gasteiger partial charge in [0.15, 0.2) is 6.29 Å². The van der Waals surface area contributed by atoms with E-state index < -0.39 is 0 Å². The summed E-state index contributed by atoms with van der Waals surface area (Å²) < 4.78 is 5.50. The van der Waals surface area contributed by atoms with E-state index >= 15 is 0 Å². The molecule has 2 aromatic rings. The molecule has 2 rings (SSSR count). The number of benzene rings is 1. The first-order valence-electron chi connectivity index (χ1n) is 5.95. The molecule has 1 heterocycles. The molecule has 0 aliphatic carbocycles. The highest BCUT2D eigenvalue weighted by molar-refractivity contribution is 6.32. The third-order valence-electron chi connectivity index (χ3n) is 2.55. The zero-order valence-electron chi connectivity index (χ0n) is 10.5. The Balaban J connectivity index is 2.32. The Labute approximate surface area is 116 Å². The minimum Gasteiger partial charge on any atom is -0.494 e. The molecule has 0 saturated heterocycles. The Morgan fingerprint density at radius 2 is 2.00 bits per heavy atom. The van der Waals surface area contributed by atoms with Gasteiger partial charge in [-0.3, -0.25) is 4.79 Å². The van der Waals surface area contributed by atoms with Gasteiger partial charge < -0.3 is 4.74 Å². The minimum atomic E-state index is 0.159. The number of ether oxygens (including phenoxy) is 1. The van der Waals surface area contributed by atoms with E-state index in [0.717, 1.165) is 17.7 Å². The van der Waals surface area contributed by atoms with Crippen LogP contribution in [0.1, 0.15) is 23.7 Å². The highest BCUT2D eigenvalue weighted by atomic mass is 35.5. The Morgan fingerprint density at radius 1 is 1.26 bits per heavy atom. The van der Waals surface area contributed by atoms with Crippen molar-refractivity contribution in [3.8, 4) is 17.0 Å². The lowest BCUT2D eigenvalue weighted by Crippen LogP contribution is -1.97. The molecule has 0 aliphatic heterocycles. The van der Waals surface area contributed by atoms with Crippen molar-refractivity contribution in [1.82, 2.24) is 9.97 Å². The Kier molecular flexibility index (Phi) is 4.47. The van der Waals surface area contributed by atoms with Crippen LogP contribution in [0.4, 0.5) is 0 Å². The Hall–Kier alpha value is -1.94. The molecule has 19 heavy (non-hydrogen) atoms. The highest BCUT2D eigenvalue weighted by Gasteiger charge is 2.10. The maximum Gasteiger partial charge on any atom is 0.155 e. The van der Waals surface area contributed by atoms with E-state index in [1.165, 1.54) is 6.33 Å². The number of rotatable bonds is 5. The number of hydrogen-bond donors (Lipinski definition) is 0. The lowest BCUT2D eigenvalue weighted by atomic mass is 10.1. The van der Waals surface area contributed by atoms with Crippen molar-refractivity contribution < 1.29 is 9.53 Å². The summed E-state index contributed by atoms with van der Waals surface area (Å²) in [4.78, 5) is 18.9. The minimum absolute atomic E-state index is 0.159. The first-order valence-corrected chi connectivity index (χ1v) is 6.33. The summed E-state index contributed by atoms with van der Waals surface area (Å²) in [6.07, 6.45) is 2.96. The van der Waals surface area contributed by atoms with Gasteiger partial charge in [0.25, 0.3) is 0 Å². The van der Waals surface area contributed by atoms with Crippen LogP contribution in [-0.2, 0) is 0 Å². The van der Waals surface area contributed by atoms with Crippen LogP contribution in [0.2, 0.25) is 5.15 Å². The first kappa shape index (κ1) is 13.5. The van der Waals surface area contributed by atoms with E-state index in [-0.39, 0.29) is 5.15 Å². The summed E-state index contributed by atoms with van der Waals surface area (Å²) in [6.45, 7) is 2.73. The number of aldehydes is 1. The van der Waals surface area contributed by atoms with Crippen molar-refractivity contribution in [2.24, 2.45) is 0 Å². The average Bonchev–Trinajstić information content (AvgIpc) is 2.45. The third kappa shape index (κ3) is 3.09. The molecule has 1 aromatic heterocycles. The number of hydrogen-bond acceptors (Lipinski definition) is 4. The summed E-state index contributed by atoms with van der Waals surface area (Å²) in [5, 5.41) is 0.159. The number of nitrogens with zero attached hydrogens (tertiary/aromatic N) is 2. The lowest BCUT2D eigenvalue weighted by molar-refractivity contribution is 0.112. The van der Waals surface area contributed by atoms with Crippen molar-refractivity contribution >= 4 is 17.9 Å². The largest absolute Gasteiger partial charge is 0.494 e. The molecule has 0 atom stereocenters. The van der Waals surface area contributed by atoms with E-state index in [4.69, 9.17) is 16.3 Å². The predicted molar refractivity (Wildman–Crippen MR) is 73.7 cm³/mol. The second-order valence-electron chi connectivity index (χ2n) is 3.92. The maximum absolute atomic E-state index is 11.0. The average molecular weight is 277 g/mol. The summed E-state index contributed by atoms with van der Waals surface area (Å²) in [6, 6.07) is 7.37. The van der Waals surface area contributed by atoms with Crippen LogP contribution in [0.15, 0.2) is 30.6 Å². The molecule has 0 unspecified atom stereocenters. The fourth-order valence-electron chi connectivity index (χ4n) is 1.64. The molecule has 0 bridgehead atoms. The van der Waals surface area contributed by atoms with Crippen molar-refractivity contribution in [3.05, 3.63) is 41.3 Å². The van der Waals surface area contributed by atoms with Crippen LogP contribution in [0.3, 0.4) is 0 Å². The smallest absolute Gasteiger partial charge is 0.155 e. The third-order valence-corrected chi connectivity index (χ3v) is 2.85. The fraction of sp³-hybridized carbons (Fsp3) is 0.214. The van der Waals surface area contributed by atoms with Gasteiger partial charge in [-0.1, -0.05) is 18.5 Å². The molecule has 0 fully saturated rings. The molecular weight excluding hydrogens is 264 g/mol. The SMILES string of the molecule is CCCOc1ccc(-c2ncnc(Cl)c2C=O)cc1. The van der Waals surface area contributed by atoms with Gasteiger partial charge >= 0.3 is 0 Å². The molecule has 0 N–H and O–H groups in total. The van der Waals surface area contributed by atoms with Crippen LogP contribution in [0, 0.1) is 0 Å². The molecule has 0 amide bonds. The second kappa shape index (κ2) is 6.29. The van der Waals surface area contributed by atoms with Gasteiger partial charge in [0.05, 0.1) is 17.9 Å². The van der Waals surface area contributed by atoms with Gasteiger partial charge in [-0.2, -0.15) is 0 Å². The van der Waals surface area contributed by atoms with Gasteiger partial charge in [-0.05, 0) is 30.7 Å². The Morgan fingerprint density at radius 3 is 2.63 bits per heavy atom. The quantitative estimate of drug-likeness (QED) is 0.620. The summed E-state index contributed by atoms with van der Waals surface area (Å²) in [5.74, 6) is 0.790. The van der Waals surface area contributed by atoms with Gasteiger partial charge in [0.2, 0.25) is 0 Å². The predicted octanol–water partition coefficient (Wildman–Crippen LogP) is 3.40. The van der Waals surface area contributed by atoms with Gasteiger partial charge in [-0.15, -0.1) is 0 Å². The first-order chi connectivity index (χ1) is 9.26. The molecule has 0 radical (unpaired) electrons. The van der Waals surface area contributed by atoms with Crippen LogP contribution < -0.4 is 4.74 Å². The zero-order chi connectivity index (χ0) is 13.7. The van der Waals surface area contributed by atoms with E-state index in [2.05, 4.69) is 9.97 Å². The van der Waals surface area contributed by atoms with Crippen LogP contribution in [-0.4, -0.2) is 22.9 Å². The summed E-state index contributed by atoms with van der Waals surface area (Å²) >= 11 is 5.87. The number of aromatic nitrogens is 2. The highest BCUT2D eigenvalue weighted by Crippen LogP contribution is 2.25. The van der Waals surface area contributed by atoms with Crippen LogP contribution in [0.25, 0.3) is 11.3 Å². The molecule has 0 saturated carbocycles. The fourth-order valence-corrected chi connectivity index (χ4v) is 1.82. The molecular formula is C14H13ClN2O2. The summed E-state index contributed by atoms with van der Waals surface area (Å²) in [7, 11) is 0. The standard InChI is InChI=1S/C14H13ClN2O2/c1-2-7-19-11-5-3-10(4-6-11)13-12(8-18)14(15)17-9-16-13/h3-6,8-9H,2,7H2,1H3. The number of halogens is 1. The summed E-state index contributed by atoms with van der Waals surface area (Å²) in [5.41, 5.74) is 1.62. The molecule has 0 spiro atoms. The zero-order valence-corrected chi connectivity index (χ0v) is 11.2.